The van der Waals surface area contributed by atoms with Crippen LogP contribution in [0.4, 0.5) is 4.39 Å². The smallest absolute Gasteiger partial charge is 0.229 e. The molecule has 0 radical (unpaired) electrons. The summed E-state index contributed by atoms with van der Waals surface area (Å²) in [7, 11) is 0. The lowest BCUT2D eigenvalue weighted by atomic mass is 10.0. The fraction of sp³-hybridized carbons (Fsp3) is 0.429. The van der Waals surface area contributed by atoms with Gasteiger partial charge < -0.3 is 4.90 Å². The first-order chi connectivity index (χ1) is 13.1. The van der Waals surface area contributed by atoms with E-state index in [1.54, 1.807) is 12.1 Å². The highest BCUT2D eigenvalue weighted by molar-refractivity contribution is 5.80. The van der Waals surface area contributed by atoms with Crippen molar-refractivity contribution in [2.45, 2.75) is 38.3 Å². The maximum absolute atomic E-state index is 13.1. The number of rotatable bonds is 4. The lowest BCUT2D eigenvalue weighted by Gasteiger charge is -2.28. The van der Waals surface area contributed by atoms with E-state index in [2.05, 4.69) is 10.9 Å². The normalized spacial score (nSPS) is 25.1. The summed E-state index contributed by atoms with van der Waals surface area (Å²) >= 11 is 0. The van der Waals surface area contributed by atoms with Crippen molar-refractivity contribution in [3.8, 4) is 0 Å². The number of hydrogen-bond acceptors (Lipinski definition) is 4. The molecule has 5 nitrogen and oxygen atoms in total. The molecule has 2 saturated heterocycles. The van der Waals surface area contributed by atoms with Gasteiger partial charge in [-0.15, -0.1) is 0 Å². The largest absolute Gasteiger partial charge is 0.334 e. The van der Waals surface area contributed by atoms with Crippen LogP contribution in [0.15, 0.2) is 42.5 Å². The molecule has 0 bridgehead atoms. The zero-order valence-electron chi connectivity index (χ0n) is 15.5. The van der Waals surface area contributed by atoms with Gasteiger partial charge in [0.25, 0.3) is 0 Å². The number of aromatic nitrogens is 1. The Balaban J connectivity index is 1.51. The number of hydrazine groups is 1. The fourth-order valence-electron chi connectivity index (χ4n) is 4.05. The summed E-state index contributed by atoms with van der Waals surface area (Å²) in [5.41, 5.74) is 9.13. The van der Waals surface area contributed by atoms with Crippen molar-refractivity contribution in [2.24, 2.45) is 5.92 Å². The molecule has 2 aliphatic heterocycles. The molecule has 0 spiro atoms. The number of benzene rings is 1. The lowest BCUT2D eigenvalue weighted by Crippen LogP contribution is -2.41. The van der Waals surface area contributed by atoms with Crippen LogP contribution < -0.4 is 10.9 Å². The Morgan fingerprint density at radius 1 is 1.26 bits per heavy atom. The number of pyridine rings is 1. The van der Waals surface area contributed by atoms with Crippen molar-refractivity contribution in [1.82, 2.24) is 20.7 Å². The molecule has 3 heterocycles. The molecule has 142 valence electrons. The number of carbonyl (C=O) groups excluding carboxylic acids is 1. The molecular formula is C21H25FN4O. The first-order valence-electron chi connectivity index (χ1n) is 9.61. The molecule has 3 unspecified atom stereocenters. The number of likely N-dealkylation sites (tertiary alicyclic amines) is 1. The van der Waals surface area contributed by atoms with Gasteiger partial charge in [0, 0.05) is 31.2 Å². The van der Waals surface area contributed by atoms with E-state index in [0.29, 0.717) is 13.0 Å². The molecule has 1 aromatic heterocycles. The maximum atomic E-state index is 13.1. The van der Waals surface area contributed by atoms with Crippen molar-refractivity contribution >= 4 is 5.91 Å². The molecule has 0 aliphatic carbocycles. The minimum atomic E-state index is -0.231. The number of halogens is 1. The summed E-state index contributed by atoms with van der Waals surface area (Å²) < 4.78 is 13.1. The van der Waals surface area contributed by atoms with Crippen LogP contribution in [0, 0.1) is 11.7 Å². The maximum Gasteiger partial charge on any atom is 0.229 e. The van der Waals surface area contributed by atoms with Crippen molar-refractivity contribution in [3.63, 3.8) is 0 Å². The first-order valence-corrected chi connectivity index (χ1v) is 9.61. The monoisotopic (exact) mass is 368 g/mol. The Morgan fingerprint density at radius 3 is 2.81 bits per heavy atom. The number of carbonyl (C=O) groups is 1. The zero-order valence-corrected chi connectivity index (χ0v) is 15.5. The Hall–Kier alpha value is -2.31. The summed E-state index contributed by atoms with van der Waals surface area (Å²) in [4.78, 5) is 19.9. The van der Waals surface area contributed by atoms with Crippen molar-refractivity contribution < 1.29 is 9.18 Å². The Labute approximate surface area is 159 Å². The molecule has 3 atom stereocenters. The van der Waals surface area contributed by atoms with Crippen LogP contribution >= 0.6 is 0 Å². The van der Waals surface area contributed by atoms with E-state index in [9.17, 15) is 9.18 Å². The fourth-order valence-corrected chi connectivity index (χ4v) is 4.05. The van der Waals surface area contributed by atoms with E-state index in [1.807, 2.05) is 30.0 Å². The van der Waals surface area contributed by atoms with Crippen molar-refractivity contribution in [1.29, 1.82) is 0 Å². The third kappa shape index (κ3) is 3.87. The van der Waals surface area contributed by atoms with Crippen LogP contribution in [0.25, 0.3) is 0 Å². The van der Waals surface area contributed by atoms with Crippen molar-refractivity contribution in [2.75, 3.05) is 13.1 Å². The number of nitrogens with one attached hydrogen (secondary N) is 2. The second-order valence-corrected chi connectivity index (χ2v) is 7.47. The molecule has 2 aromatic rings. The van der Waals surface area contributed by atoms with E-state index in [0.717, 1.165) is 36.3 Å². The van der Waals surface area contributed by atoms with E-state index in [-0.39, 0.29) is 29.7 Å². The highest BCUT2D eigenvalue weighted by atomic mass is 19.1. The Bertz CT molecular complexity index is 810. The molecule has 2 aliphatic rings. The average molecular weight is 368 g/mol. The predicted octanol–water partition coefficient (Wildman–Crippen LogP) is 2.59. The summed E-state index contributed by atoms with van der Waals surface area (Å²) in [6.45, 7) is 3.49. The number of amides is 1. The zero-order chi connectivity index (χ0) is 18.8. The standard InChI is InChI=1S/C21H25FN4O/c1-14-18(13-23-25-14)21(27)26-11-3-6-20(26)19-5-2-4-17(24-19)12-15-7-9-16(22)10-8-15/h2,4-5,7-10,14,18,20,23,25H,3,6,11-13H2,1H3. The highest BCUT2D eigenvalue weighted by Crippen LogP contribution is 2.33. The van der Waals surface area contributed by atoms with Gasteiger partial charge >= 0.3 is 0 Å². The Morgan fingerprint density at radius 2 is 2.07 bits per heavy atom. The van der Waals surface area contributed by atoms with E-state index in [4.69, 9.17) is 4.98 Å². The third-order valence-electron chi connectivity index (χ3n) is 5.58. The van der Waals surface area contributed by atoms with E-state index >= 15 is 0 Å². The Kier molecular flexibility index (Phi) is 5.18. The number of hydrogen-bond donors (Lipinski definition) is 2. The van der Waals surface area contributed by atoms with Crippen LogP contribution in [-0.4, -0.2) is 34.9 Å². The minimum absolute atomic E-state index is 0.0343. The van der Waals surface area contributed by atoms with Crippen LogP contribution in [0.1, 0.15) is 42.8 Å². The molecule has 27 heavy (non-hydrogen) atoms. The summed E-state index contributed by atoms with van der Waals surface area (Å²) in [6, 6.07) is 12.7. The van der Waals surface area contributed by atoms with E-state index in [1.165, 1.54) is 12.1 Å². The van der Waals surface area contributed by atoms with Gasteiger partial charge in [-0.05, 0) is 49.6 Å². The molecule has 2 N–H and O–H groups in total. The SMILES string of the molecule is CC1NNCC1C(=O)N1CCCC1c1cccc(Cc2ccc(F)cc2)n1. The number of nitrogens with zero attached hydrogens (tertiary/aromatic N) is 2. The van der Waals surface area contributed by atoms with Crippen LogP contribution in [-0.2, 0) is 11.2 Å². The minimum Gasteiger partial charge on any atom is -0.334 e. The summed E-state index contributed by atoms with van der Waals surface area (Å²) in [5.74, 6) is -0.0630. The van der Waals surface area contributed by atoms with Gasteiger partial charge in [0.2, 0.25) is 5.91 Å². The molecule has 0 saturated carbocycles. The van der Waals surface area contributed by atoms with Gasteiger partial charge in [-0.3, -0.25) is 20.6 Å². The van der Waals surface area contributed by atoms with Gasteiger partial charge in [-0.25, -0.2) is 4.39 Å². The molecule has 1 amide bonds. The van der Waals surface area contributed by atoms with E-state index < -0.39 is 0 Å². The van der Waals surface area contributed by atoms with Crippen LogP contribution in [0.3, 0.4) is 0 Å². The molecule has 2 fully saturated rings. The van der Waals surface area contributed by atoms with Gasteiger partial charge in [0.1, 0.15) is 5.82 Å². The second-order valence-electron chi connectivity index (χ2n) is 7.47. The van der Waals surface area contributed by atoms with Crippen molar-refractivity contribution in [3.05, 3.63) is 65.2 Å². The molecule has 4 rings (SSSR count). The van der Waals surface area contributed by atoms with Crippen LogP contribution in [0.5, 0.6) is 0 Å². The van der Waals surface area contributed by atoms with Gasteiger partial charge in [0.15, 0.2) is 0 Å². The second kappa shape index (κ2) is 7.74. The lowest BCUT2D eigenvalue weighted by molar-refractivity contribution is -0.136. The molecule has 1 aromatic carbocycles. The van der Waals surface area contributed by atoms with Gasteiger partial charge in [0.05, 0.1) is 17.7 Å². The first kappa shape index (κ1) is 18.1. The van der Waals surface area contributed by atoms with Crippen LogP contribution in [0.2, 0.25) is 0 Å². The quantitative estimate of drug-likeness (QED) is 0.871. The molecule has 6 heteroatoms. The molecular weight excluding hydrogens is 343 g/mol. The van der Waals surface area contributed by atoms with Gasteiger partial charge in [-0.1, -0.05) is 18.2 Å². The topological polar surface area (TPSA) is 57.3 Å². The van der Waals surface area contributed by atoms with Gasteiger partial charge in [-0.2, -0.15) is 0 Å². The highest BCUT2D eigenvalue weighted by Gasteiger charge is 2.38. The third-order valence-corrected chi connectivity index (χ3v) is 5.58. The average Bonchev–Trinajstić information content (AvgIpc) is 3.32. The summed E-state index contributed by atoms with van der Waals surface area (Å²) in [5, 5.41) is 0. The summed E-state index contributed by atoms with van der Waals surface area (Å²) in [6.07, 6.45) is 2.60. The predicted molar refractivity (Wildman–Crippen MR) is 101 cm³/mol.